The van der Waals surface area contributed by atoms with Crippen LogP contribution in [-0.2, 0) is 9.47 Å². The molecule has 0 bridgehead atoms. The van der Waals surface area contributed by atoms with Gasteiger partial charge in [0.15, 0.2) is 12.4 Å². The number of hydrogen-bond donors (Lipinski definition) is 0. The number of anilines is 1. The van der Waals surface area contributed by atoms with Crippen molar-refractivity contribution < 1.29 is 24.0 Å². The minimum atomic E-state index is -0.899. The van der Waals surface area contributed by atoms with Crippen molar-refractivity contribution in [1.82, 2.24) is 0 Å². The first-order valence-corrected chi connectivity index (χ1v) is 9.25. The number of nitrogens with zero attached hydrogens (tertiary/aromatic N) is 2. The summed E-state index contributed by atoms with van der Waals surface area (Å²) in [6.45, 7) is 5.67. The molecular formula is C21H22N2O6. The fraction of sp³-hybridized carbons (Fsp3) is 0.333. The number of ether oxygens (including phenoxy) is 2. The van der Waals surface area contributed by atoms with E-state index in [9.17, 15) is 19.7 Å². The van der Waals surface area contributed by atoms with E-state index in [0.717, 1.165) is 11.1 Å². The van der Waals surface area contributed by atoms with Gasteiger partial charge in [0.25, 0.3) is 5.69 Å². The molecule has 0 radical (unpaired) electrons. The van der Waals surface area contributed by atoms with Crippen molar-refractivity contribution in [2.75, 3.05) is 37.8 Å². The fourth-order valence-electron chi connectivity index (χ4n) is 3.07. The number of nitro benzene ring substituents is 1. The molecule has 0 amide bonds. The maximum atomic E-state index is 12.5. The van der Waals surface area contributed by atoms with E-state index < -0.39 is 17.5 Å². The van der Waals surface area contributed by atoms with Crippen LogP contribution in [0, 0.1) is 24.0 Å². The second kappa shape index (κ2) is 8.83. The Morgan fingerprint density at radius 1 is 1.10 bits per heavy atom. The first-order valence-electron chi connectivity index (χ1n) is 9.25. The number of carbonyl (C=O) groups is 2. The molecule has 0 spiro atoms. The molecule has 8 nitrogen and oxygen atoms in total. The molecule has 0 aromatic heterocycles. The van der Waals surface area contributed by atoms with Gasteiger partial charge in [-0.15, -0.1) is 0 Å². The molecule has 152 valence electrons. The summed E-state index contributed by atoms with van der Waals surface area (Å²) in [7, 11) is 0. The normalized spacial score (nSPS) is 13.8. The maximum Gasteiger partial charge on any atom is 0.345 e. The van der Waals surface area contributed by atoms with E-state index in [-0.39, 0.29) is 17.0 Å². The van der Waals surface area contributed by atoms with E-state index in [0.29, 0.717) is 37.6 Å². The lowest BCUT2D eigenvalue weighted by Crippen LogP contribution is -2.36. The summed E-state index contributed by atoms with van der Waals surface area (Å²) >= 11 is 0. The molecule has 2 aromatic carbocycles. The van der Waals surface area contributed by atoms with Crippen LogP contribution in [0.15, 0.2) is 36.4 Å². The Kier molecular flexibility index (Phi) is 6.23. The summed E-state index contributed by atoms with van der Waals surface area (Å²) in [5, 5.41) is 11.3. The Bertz CT molecular complexity index is 950. The summed E-state index contributed by atoms with van der Waals surface area (Å²) in [6, 6.07) is 9.54. The van der Waals surface area contributed by atoms with Crippen molar-refractivity contribution in [2.24, 2.45) is 0 Å². The predicted octanol–water partition coefficient (Wildman–Crippen LogP) is 3.09. The van der Waals surface area contributed by atoms with Crippen LogP contribution in [0.4, 0.5) is 11.4 Å². The Morgan fingerprint density at radius 2 is 1.83 bits per heavy atom. The molecule has 0 N–H and O–H groups in total. The van der Waals surface area contributed by atoms with Gasteiger partial charge in [0.05, 0.1) is 18.1 Å². The van der Waals surface area contributed by atoms with Gasteiger partial charge in [-0.3, -0.25) is 14.9 Å². The number of ketones is 1. The van der Waals surface area contributed by atoms with E-state index in [2.05, 4.69) is 0 Å². The topological polar surface area (TPSA) is 99.0 Å². The van der Waals surface area contributed by atoms with Crippen molar-refractivity contribution in [2.45, 2.75) is 13.8 Å². The van der Waals surface area contributed by atoms with Crippen molar-refractivity contribution >= 4 is 23.1 Å². The standard InChI is InChI=1S/C21H22N2O6/c1-14-3-4-16(11-15(14)2)20(24)13-29-21(25)18-12-17(5-6-19(18)23(26)27)22-7-9-28-10-8-22/h3-6,11-12H,7-10,13H2,1-2H3. The number of hydrogen-bond acceptors (Lipinski definition) is 7. The van der Waals surface area contributed by atoms with Gasteiger partial charge in [-0.1, -0.05) is 12.1 Å². The molecule has 1 aliphatic rings. The summed E-state index contributed by atoms with van der Waals surface area (Å²) in [6.07, 6.45) is 0. The molecule has 8 heteroatoms. The van der Waals surface area contributed by atoms with Gasteiger partial charge in [-0.25, -0.2) is 4.79 Å². The Hall–Kier alpha value is -3.26. The van der Waals surface area contributed by atoms with Gasteiger partial charge >= 0.3 is 5.97 Å². The molecule has 0 saturated carbocycles. The lowest BCUT2D eigenvalue weighted by atomic mass is 10.0. The zero-order valence-electron chi connectivity index (χ0n) is 16.3. The summed E-state index contributed by atoms with van der Waals surface area (Å²) in [5.41, 5.74) is 2.58. The lowest BCUT2D eigenvalue weighted by molar-refractivity contribution is -0.385. The largest absolute Gasteiger partial charge is 0.454 e. The SMILES string of the molecule is Cc1ccc(C(=O)COC(=O)c2cc(N3CCOCC3)ccc2[N+](=O)[O-])cc1C. The monoisotopic (exact) mass is 398 g/mol. The van der Waals surface area contributed by atoms with Crippen molar-refractivity contribution in [3.05, 3.63) is 68.8 Å². The van der Waals surface area contributed by atoms with E-state index in [4.69, 9.17) is 9.47 Å². The maximum absolute atomic E-state index is 12.5. The van der Waals surface area contributed by atoms with Gasteiger partial charge in [-0.2, -0.15) is 0 Å². The first kappa shape index (κ1) is 20.5. The Morgan fingerprint density at radius 3 is 2.48 bits per heavy atom. The van der Waals surface area contributed by atoms with Crippen LogP contribution in [0.3, 0.4) is 0 Å². The summed E-state index contributed by atoms with van der Waals surface area (Å²) in [5.74, 6) is -1.27. The molecule has 3 rings (SSSR count). The number of nitro groups is 1. The number of benzene rings is 2. The van der Waals surface area contributed by atoms with Crippen LogP contribution >= 0.6 is 0 Å². The van der Waals surface area contributed by atoms with E-state index in [1.807, 2.05) is 24.8 Å². The lowest BCUT2D eigenvalue weighted by Gasteiger charge is -2.29. The highest BCUT2D eigenvalue weighted by Gasteiger charge is 2.24. The van der Waals surface area contributed by atoms with Gasteiger partial charge in [-0.05, 0) is 43.2 Å². The second-order valence-electron chi connectivity index (χ2n) is 6.86. The minimum Gasteiger partial charge on any atom is -0.454 e. The summed E-state index contributed by atoms with van der Waals surface area (Å²) in [4.78, 5) is 37.6. The van der Waals surface area contributed by atoms with Crippen LogP contribution in [0.2, 0.25) is 0 Å². The van der Waals surface area contributed by atoms with Crippen molar-refractivity contribution in [1.29, 1.82) is 0 Å². The molecule has 0 unspecified atom stereocenters. The van der Waals surface area contributed by atoms with Crippen LogP contribution in [0.5, 0.6) is 0 Å². The Labute approximate surface area is 168 Å². The van der Waals surface area contributed by atoms with Gasteiger partial charge in [0, 0.05) is 30.4 Å². The third kappa shape index (κ3) is 4.78. The molecule has 1 aliphatic heterocycles. The van der Waals surface area contributed by atoms with E-state index in [1.54, 1.807) is 18.2 Å². The fourth-order valence-corrected chi connectivity index (χ4v) is 3.07. The van der Waals surface area contributed by atoms with E-state index in [1.165, 1.54) is 12.1 Å². The number of morpholine rings is 1. The molecule has 2 aromatic rings. The number of Topliss-reactive ketones (excluding diaryl/α,β-unsaturated/α-hetero) is 1. The molecule has 1 saturated heterocycles. The minimum absolute atomic E-state index is 0.174. The van der Waals surface area contributed by atoms with Crippen molar-refractivity contribution in [3.8, 4) is 0 Å². The second-order valence-corrected chi connectivity index (χ2v) is 6.86. The average Bonchev–Trinajstić information content (AvgIpc) is 2.73. The highest BCUT2D eigenvalue weighted by molar-refractivity contribution is 6.00. The Balaban J connectivity index is 1.76. The van der Waals surface area contributed by atoms with Gasteiger partial charge in [0.1, 0.15) is 5.56 Å². The van der Waals surface area contributed by atoms with Gasteiger partial charge in [0.2, 0.25) is 0 Å². The molecule has 1 fully saturated rings. The molecule has 29 heavy (non-hydrogen) atoms. The molecule has 1 heterocycles. The highest BCUT2D eigenvalue weighted by atomic mass is 16.6. The third-order valence-electron chi connectivity index (χ3n) is 4.94. The van der Waals surface area contributed by atoms with Crippen LogP contribution in [0.25, 0.3) is 0 Å². The zero-order valence-corrected chi connectivity index (χ0v) is 16.3. The van der Waals surface area contributed by atoms with Crippen LogP contribution < -0.4 is 4.90 Å². The number of carbonyl (C=O) groups excluding carboxylic acids is 2. The zero-order chi connectivity index (χ0) is 21.0. The number of esters is 1. The third-order valence-corrected chi connectivity index (χ3v) is 4.94. The smallest absolute Gasteiger partial charge is 0.345 e. The first-order chi connectivity index (χ1) is 13.9. The summed E-state index contributed by atoms with van der Waals surface area (Å²) < 4.78 is 10.4. The molecule has 0 atom stereocenters. The predicted molar refractivity (Wildman–Crippen MR) is 107 cm³/mol. The number of rotatable bonds is 6. The van der Waals surface area contributed by atoms with Crippen LogP contribution in [-0.4, -0.2) is 49.6 Å². The number of aryl methyl sites for hydroxylation is 2. The average molecular weight is 398 g/mol. The van der Waals surface area contributed by atoms with Crippen molar-refractivity contribution in [3.63, 3.8) is 0 Å². The quantitative estimate of drug-likeness (QED) is 0.319. The highest BCUT2D eigenvalue weighted by Crippen LogP contribution is 2.26. The molecular weight excluding hydrogens is 376 g/mol. The van der Waals surface area contributed by atoms with Gasteiger partial charge < -0.3 is 14.4 Å². The molecule has 0 aliphatic carbocycles. The van der Waals surface area contributed by atoms with Crippen LogP contribution in [0.1, 0.15) is 31.8 Å². The van der Waals surface area contributed by atoms with E-state index >= 15 is 0 Å².